The minimum Gasteiger partial charge on any atom is -0.493 e. The fourth-order valence-electron chi connectivity index (χ4n) is 5.01. The maximum absolute atomic E-state index is 13.2. The van der Waals surface area contributed by atoms with Crippen molar-refractivity contribution in [1.82, 2.24) is 20.2 Å². The molecule has 0 aliphatic carbocycles. The average molecular weight is 562 g/mol. The van der Waals surface area contributed by atoms with Crippen LogP contribution in [0.5, 0.6) is 11.5 Å². The lowest BCUT2D eigenvalue weighted by atomic mass is 10.0. The van der Waals surface area contributed by atoms with Crippen LogP contribution in [0, 0.1) is 0 Å². The number of hydrogen-bond donors (Lipinski definition) is 3. The first kappa shape index (κ1) is 27.2. The highest BCUT2D eigenvalue weighted by molar-refractivity contribution is 6.32. The highest BCUT2D eigenvalue weighted by Gasteiger charge is 2.31. The molecule has 39 heavy (non-hydrogen) atoms. The second kappa shape index (κ2) is 11.8. The summed E-state index contributed by atoms with van der Waals surface area (Å²) in [7, 11) is 1.53. The molecule has 1 amide bonds. The normalized spacial score (nSPS) is 19.5. The number of halogens is 3. The van der Waals surface area contributed by atoms with Crippen molar-refractivity contribution < 1.29 is 27.8 Å². The summed E-state index contributed by atoms with van der Waals surface area (Å²) in [5.41, 5.74) is 3.71. The number of anilines is 2. The fraction of sp³-hybridized carbons (Fsp3) is 0.407. The zero-order valence-electron chi connectivity index (χ0n) is 21.6. The molecule has 1 saturated heterocycles. The molecule has 0 spiro atoms. The number of alkyl halides is 2. The number of hydrogen-bond acceptors (Lipinski definition) is 7. The van der Waals surface area contributed by atoms with E-state index in [9.17, 15) is 13.6 Å². The van der Waals surface area contributed by atoms with E-state index in [0.29, 0.717) is 70.8 Å². The second-order valence-corrected chi connectivity index (χ2v) is 9.99. The van der Waals surface area contributed by atoms with E-state index in [0.717, 1.165) is 5.69 Å². The van der Waals surface area contributed by atoms with Gasteiger partial charge >= 0.3 is 0 Å². The second-order valence-electron chi connectivity index (χ2n) is 9.58. The van der Waals surface area contributed by atoms with Gasteiger partial charge in [0.1, 0.15) is 18.5 Å². The molecule has 0 bridgehead atoms. The Kier molecular flexibility index (Phi) is 8.20. The number of fused-ring (bicyclic) bond motifs is 1. The molecule has 2 aliphatic heterocycles. The van der Waals surface area contributed by atoms with E-state index in [1.807, 2.05) is 13.0 Å². The number of ether oxygens (including phenoxy) is 3. The van der Waals surface area contributed by atoms with Crippen LogP contribution >= 0.6 is 11.6 Å². The van der Waals surface area contributed by atoms with Gasteiger partial charge in [-0.15, -0.1) is 0 Å². The Bertz CT molecular complexity index is 1340. The number of aromatic amines is 1. The lowest BCUT2D eigenvalue weighted by Gasteiger charge is -2.32. The predicted molar refractivity (Wildman–Crippen MR) is 144 cm³/mol. The van der Waals surface area contributed by atoms with Crippen LogP contribution in [-0.2, 0) is 11.2 Å². The van der Waals surface area contributed by atoms with Crippen molar-refractivity contribution in [3.8, 4) is 22.8 Å². The van der Waals surface area contributed by atoms with E-state index in [2.05, 4.69) is 20.6 Å². The molecule has 1 fully saturated rings. The lowest BCUT2D eigenvalue weighted by molar-refractivity contribution is -0.0604. The van der Waals surface area contributed by atoms with Crippen molar-refractivity contribution in [3.63, 3.8) is 0 Å². The minimum atomic E-state index is -2.41. The van der Waals surface area contributed by atoms with E-state index in [1.54, 1.807) is 35.5 Å². The Morgan fingerprint density at radius 1 is 1.33 bits per heavy atom. The van der Waals surface area contributed by atoms with Gasteiger partial charge in [0.15, 0.2) is 5.75 Å². The first-order chi connectivity index (χ1) is 18.8. The fourth-order valence-corrected chi connectivity index (χ4v) is 5.26. The molecule has 12 heteroatoms. The summed E-state index contributed by atoms with van der Waals surface area (Å²) in [6.07, 6.45) is 1.05. The van der Waals surface area contributed by atoms with Gasteiger partial charge in [0, 0.05) is 43.0 Å². The molecule has 3 aromatic rings. The average Bonchev–Trinajstić information content (AvgIpc) is 3.25. The van der Waals surface area contributed by atoms with E-state index >= 15 is 0 Å². The van der Waals surface area contributed by atoms with Crippen LogP contribution in [0.1, 0.15) is 23.0 Å². The number of rotatable bonds is 9. The van der Waals surface area contributed by atoms with E-state index in [-0.39, 0.29) is 31.2 Å². The first-order valence-corrected chi connectivity index (χ1v) is 13.1. The van der Waals surface area contributed by atoms with Gasteiger partial charge in [-0.1, -0.05) is 17.7 Å². The molecule has 2 aliphatic rings. The summed E-state index contributed by atoms with van der Waals surface area (Å²) in [6.45, 7) is 2.95. The van der Waals surface area contributed by atoms with Crippen molar-refractivity contribution >= 4 is 28.9 Å². The number of nitrogens with one attached hydrogen (secondary N) is 3. The third-order valence-electron chi connectivity index (χ3n) is 6.72. The van der Waals surface area contributed by atoms with Crippen LogP contribution < -0.4 is 20.1 Å². The smallest absolute Gasteiger partial charge is 0.255 e. The summed E-state index contributed by atoms with van der Waals surface area (Å²) in [6, 6.07) is 7.07. The number of carbonyl (C=O) groups excluding carboxylic acids is 1. The molecule has 0 saturated carbocycles. The third kappa shape index (κ3) is 5.95. The Balaban J connectivity index is 1.48. The molecule has 9 nitrogen and oxygen atoms in total. The maximum atomic E-state index is 13.2. The van der Waals surface area contributed by atoms with Crippen molar-refractivity contribution in [3.05, 3.63) is 52.9 Å². The quantitative estimate of drug-likeness (QED) is 0.354. The van der Waals surface area contributed by atoms with Gasteiger partial charge in [-0.3, -0.25) is 14.7 Å². The summed E-state index contributed by atoms with van der Waals surface area (Å²) < 4.78 is 43.2. The van der Waals surface area contributed by atoms with Crippen LogP contribution in [0.25, 0.3) is 11.3 Å². The van der Waals surface area contributed by atoms with Crippen LogP contribution in [-0.4, -0.2) is 79.3 Å². The van der Waals surface area contributed by atoms with Gasteiger partial charge in [0.25, 0.3) is 12.3 Å². The van der Waals surface area contributed by atoms with Crippen molar-refractivity contribution in [2.45, 2.75) is 31.9 Å². The molecule has 4 heterocycles. The molecule has 5 rings (SSSR count). The Labute approximate surface area is 229 Å². The molecular weight excluding hydrogens is 532 g/mol. The number of aromatic nitrogens is 2. The monoisotopic (exact) mass is 561 g/mol. The van der Waals surface area contributed by atoms with Crippen molar-refractivity contribution in [2.75, 3.05) is 45.3 Å². The first-order valence-electron chi connectivity index (χ1n) is 12.7. The topological polar surface area (TPSA) is 101 Å². The zero-order chi connectivity index (χ0) is 27.5. The lowest BCUT2D eigenvalue weighted by Crippen LogP contribution is -2.46. The van der Waals surface area contributed by atoms with E-state index < -0.39 is 6.43 Å². The molecule has 0 unspecified atom stereocenters. The molecule has 0 radical (unpaired) electrons. The zero-order valence-corrected chi connectivity index (χ0v) is 22.4. The number of carbonyl (C=O) groups is 1. The Morgan fingerprint density at radius 3 is 2.97 bits per heavy atom. The van der Waals surface area contributed by atoms with Gasteiger partial charge < -0.3 is 29.8 Å². The maximum Gasteiger partial charge on any atom is 0.255 e. The molecule has 3 N–H and O–H groups in total. The molecule has 2 aromatic heterocycles. The summed E-state index contributed by atoms with van der Waals surface area (Å²) in [4.78, 5) is 22.5. The highest BCUT2D eigenvalue weighted by Crippen LogP contribution is 2.43. The number of methoxy groups -OCH3 is 1. The number of benzene rings is 1. The number of H-pyrrole nitrogens is 1. The summed E-state index contributed by atoms with van der Waals surface area (Å²) in [5.74, 6) is 0.694. The molecular formula is C27H30ClF2N5O4. The van der Waals surface area contributed by atoms with Gasteiger partial charge in [0.2, 0.25) is 0 Å². The van der Waals surface area contributed by atoms with Gasteiger partial charge in [-0.05, 0) is 25.1 Å². The van der Waals surface area contributed by atoms with Crippen LogP contribution in [0.3, 0.4) is 0 Å². The van der Waals surface area contributed by atoms with Crippen LogP contribution in [0.4, 0.5) is 20.2 Å². The van der Waals surface area contributed by atoms with Crippen LogP contribution in [0.2, 0.25) is 5.02 Å². The molecule has 1 aromatic carbocycles. The minimum absolute atomic E-state index is 0.0437. The van der Waals surface area contributed by atoms with Gasteiger partial charge in [-0.2, -0.15) is 0 Å². The summed E-state index contributed by atoms with van der Waals surface area (Å²) >= 11 is 6.36. The standard InChI is InChI=1S/C27H30ClF2N5O4/c1-15-10-20-23(27(36)32-15)25(33-19-5-3-4-18(28)26(19)37-2)24(34-20)17-6-7-31-11-21(17)39-14-16-12-35(8-9-38-16)13-22(29)30/h3-7,11,15-16,22,33-34H,8-10,12-14H2,1-2H3,(H,32,36)/t15-,16+/m1/s1. The number of para-hydroxylation sites is 1. The number of pyridine rings is 1. The Morgan fingerprint density at radius 2 is 2.18 bits per heavy atom. The van der Waals surface area contributed by atoms with Crippen molar-refractivity contribution in [2.24, 2.45) is 0 Å². The van der Waals surface area contributed by atoms with Crippen molar-refractivity contribution in [1.29, 1.82) is 0 Å². The van der Waals surface area contributed by atoms with E-state index in [1.165, 1.54) is 7.11 Å². The predicted octanol–water partition coefficient (Wildman–Crippen LogP) is 4.50. The molecule has 208 valence electrons. The number of nitrogens with zero attached hydrogens (tertiary/aromatic N) is 2. The summed E-state index contributed by atoms with van der Waals surface area (Å²) in [5, 5.41) is 6.78. The number of morpholine rings is 1. The SMILES string of the molecule is COc1c(Cl)cccc1Nc1c(-c2ccncc2OC[C@@H]2CN(CC(F)F)CCO2)[nH]c2c1C(=O)N[C@H](C)C2. The number of amides is 1. The van der Waals surface area contributed by atoms with E-state index in [4.69, 9.17) is 25.8 Å². The van der Waals surface area contributed by atoms with Crippen LogP contribution in [0.15, 0.2) is 36.7 Å². The highest BCUT2D eigenvalue weighted by atomic mass is 35.5. The largest absolute Gasteiger partial charge is 0.493 e. The van der Waals surface area contributed by atoms with Gasteiger partial charge in [0.05, 0.1) is 54.1 Å². The molecule has 2 atom stereocenters. The van der Waals surface area contributed by atoms with Gasteiger partial charge in [-0.25, -0.2) is 8.78 Å². The Hall–Kier alpha value is -3.41. The third-order valence-corrected chi connectivity index (χ3v) is 7.02.